The van der Waals surface area contributed by atoms with Crippen molar-refractivity contribution in [2.45, 2.75) is 132 Å². The fraction of sp³-hybridized carbons (Fsp3) is 0.935. The summed E-state index contributed by atoms with van der Waals surface area (Å²) in [5, 5.41) is 0. The van der Waals surface area contributed by atoms with Gasteiger partial charge in [0.15, 0.2) is 0 Å². The topological polar surface area (TPSA) is 9.23 Å². The van der Waals surface area contributed by atoms with Gasteiger partial charge in [0, 0.05) is 21.2 Å². The van der Waals surface area contributed by atoms with Gasteiger partial charge in [-0.15, -0.1) is 0 Å². The van der Waals surface area contributed by atoms with Crippen molar-refractivity contribution in [1.29, 1.82) is 0 Å². The predicted molar refractivity (Wildman–Crippen MR) is 160 cm³/mol. The van der Waals surface area contributed by atoms with Gasteiger partial charge in [0.25, 0.3) is 0 Å². The van der Waals surface area contributed by atoms with Gasteiger partial charge in [0.05, 0.1) is 15.3 Å². The molecule has 0 amide bonds. The van der Waals surface area contributed by atoms with E-state index in [9.17, 15) is 0 Å². The fourth-order valence-electron chi connectivity index (χ4n) is 9.42. The van der Waals surface area contributed by atoms with Crippen LogP contribution in [0.3, 0.4) is 0 Å². The summed E-state index contributed by atoms with van der Waals surface area (Å²) in [6.07, 6.45) is 18.5. The minimum atomic E-state index is 0.441. The molecule has 4 aliphatic rings. The molecule has 3 heteroatoms. The van der Waals surface area contributed by atoms with Crippen LogP contribution in [-0.2, 0) is 4.18 Å². The average molecular weight is 603 g/mol. The Balaban J connectivity index is 0.00000158. The Bertz CT molecular complexity index is 676. The molecule has 3 saturated carbocycles. The fourth-order valence-corrected chi connectivity index (χ4v) is 10.6. The molecule has 9 atom stereocenters. The van der Waals surface area contributed by atoms with E-state index in [0.29, 0.717) is 16.9 Å². The molecule has 4 aliphatic carbocycles. The zero-order valence-corrected chi connectivity index (χ0v) is 26.6. The Morgan fingerprint density at radius 2 is 1.76 bits per heavy atom. The largest absolute Gasteiger partial charge is 0.302 e. The maximum absolute atomic E-state index is 5.96. The van der Waals surface area contributed by atoms with E-state index in [2.05, 4.69) is 68.8 Å². The summed E-state index contributed by atoms with van der Waals surface area (Å²) in [5.74, 6) is 6.45. The highest BCUT2D eigenvalue weighted by atomic mass is 127. The molecule has 0 heterocycles. The molecular formula is C31H55IOS. The Morgan fingerprint density at radius 1 is 1.03 bits per heavy atom. The number of hydrogen-bond donors (Lipinski definition) is 0. The van der Waals surface area contributed by atoms with Crippen molar-refractivity contribution < 1.29 is 4.18 Å². The summed E-state index contributed by atoms with van der Waals surface area (Å²) in [4.78, 5) is 0. The van der Waals surface area contributed by atoms with Crippen LogP contribution in [0.15, 0.2) is 11.6 Å². The second-order valence-electron chi connectivity index (χ2n) is 13.0. The van der Waals surface area contributed by atoms with E-state index in [1.807, 2.05) is 13.8 Å². The summed E-state index contributed by atoms with van der Waals surface area (Å²) < 4.78 is 5.96. The summed E-state index contributed by atoms with van der Waals surface area (Å²) in [5.41, 5.74) is 2.81. The number of allylic oxidation sites excluding steroid dienone is 1. The van der Waals surface area contributed by atoms with Gasteiger partial charge >= 0.3 is 0 Å². The molecule has 0 spiro atoms. The summed E-state index contributed by atoms with van der Waals surface area (Å²) in [7, 11) is 1.54. The van der Waals surface area contributed by atoms with Crippen LogP contribution >= 0.6 is 30.4 Å². The Hall–Kier alpha value is 0.780. The van der Waals surface area contributed by atoms with E-state index in [4.69, 9.17) is 4.18 Å². The number of hydrogen-bond acceptors (Lipinski definition) is 2. The van der Waals surface area contributed by atoms with Crippen molar-refractivity contribution in [3.63, 3.8) is 0 Å². The van der Waals surface area contributed by atoms with Crippen molar-refractivity contribution in [2.24, 2.45) is 52.3 Å². The maximum Gasteiger partial charge on any atom is 0.0769 e. The molecule has 0 aromatic heterocycles. The molecule has 0 saturated heterocycles. The predicted octanol–water partition coefficient (Wildman–Crippen LogP) is 11.1. The lowest BCUT2D eigenvalue weighted by atomic mass is 9.47. The van der Waals surface area contributed by atoms with Crippen molar-refractivity contribution in [3.8, 4) is 0 Å². The van der Waals surface area contributed by atoms with E-state index in [1.165, 1.54) is 79.8 Å². The SMILES string of the molecule is CC.CCC(CCC(C)C1CCC2C3CC=C4CC(OSI)CCC4(C)C3CCC12C)C(C)C. The van der Waals surface area contributed by atoms with Crippen molar-refractivity contribution in [2.75, 3.05) is 0 Å². The molecule has 198 valence electrons. The van der Waals surface area contributed by atoms with Crippen LogP contribution in [0.4, 0.5) is 0 Å². The normalized spacial score (nSPS) is 40.9. The smallest absolute Gasteiger partial charge is 0.0769 e. The highest BCUT2D eigenvalue weighted by molar-refractivity contribution is 14.2. The van der Waals surface area contributed by atoms with Crippen LogP contribution < -0.4 is 0 Å². The molecule has 0 N–H and O–H groups in total. The van der Waals surface area contributed by atoms with Crippen molar-refractivity contribution >= 4 is 30.4 Å². The van der Waals surface area contributed by atoms with Crippen molar-refractivity contribution in [3.05, 3.63) is 11.6 Å². The lowest BCUT2D eigenvalue weighted by molar-refractivity contribution is -0.0553. The summed E-state index contributed by atoms with van der Waals surface area (Å²) >= 11 is 2.29. The van der Waals surface area contributed by atoms with Gasteiger partial charge in [-0.05, 0) is 110 Å². The minimum absolute atomic E-state index is 0.441. The molecule has 1 nitrogen and oxygen atoms in total. The molecule has 9 unspecified atom stereocenters. The van der Waals surface area contributed by atoms with Crippen molar-refractivity contribution in [1.82, 2.24) is 0 Å². The monoisotopic (exact) mass is 602 g/mol. The van der Waals surface area contributed by atoms with Gasteiger partial charge in [-0.1, -0.05) is 79.9 Å². The minimum Gasteiger partial charge on any atom is -0.302 e. The van der Waals surface area contributed by atoms with E-state index in [0.717, 1.165) is 41.4 Å². The first-order valence-corrected chi connectivity index (χ1v) is 18.2. The molecule has 0 radical (unpaired) electrons. The lowest BCUT2D eigenvalue weighted by Gasteiger charge is -2.58. The van der Waals surface area contributed by atoms with E-state index < -0.39 is 0 Å². The van der Waals surface area contributed by atoms with Crippen LogP contribution in [0.1, 0.15) is 126 Å². The van der Waals surface area contributed by atoms with Gasteiger partial charge in [0.2, 0.25) is 0 Å². The zero-order chi connectivity index (χ0) is 25.1. The molecule has 0 aliphatic heterocycles. The van der Waals surface area contributed by atoms with Crippen LogP contribution in [0.25, 0.3) is 0 Å². The highest BCUT2D eigenvalue weighted by Gasteiger charge is 2.59. The third-order valence-corrected chi connectivity index (χ3v) is 12.4. The number of rotatable bonds is 8. The van der Waals surface area contributed by atoms with Gasteiger partial charge in [0.1, 0.15) is 0 Å². The van der Waals surface area contributed by atoms with E-state index >= 15 is 0 Å². The molecule has 0 aromatic carbocycles. The second-order valence-corrected chi connectivity index (χ2v) is 14.4. The Morgan fingerprint density at radius 3 is 2.41 bits per heavy atom. The maximum atomic E-state index is 5.96. The second kappa shape index (κ2) is 12.5. The first kappa shape index (κ1) is 29.3. The standard InChI is InChI=1S/C29H49IOS.C2H6/c1-7-21(19(2)3)9-8-20(4)25-12-13-26-24-11-10-22-18-23(31-32-30)14-16-28(22,5)27(24)15-17-29(25,26)6;1-2/h10,19-21,23-27H,7-9,11-18H2,1-6H3;1-2H3. The number of halogens is 1. The van der Waals surface area contributed by atoms with E-state index in [1.54, 1.807) is 5.57 Å². The van der Waals surface area contributed by atoms with Crippen LogP contribution in [0.5, 0.6) is 0 Å². The third kappa shape index (κ3) is 5.62. The average Bonchev–Trinajstić information content (AvgIpc) is 3.18. The third-order valence-electron chi connectivity index (χ3n) is 11.5. The molecule has 3 fully saturated rings. The van der Waals surface area contributed by atoms with Gasteiger partial charge in [-0.3, -0.25) is 0 Å². The quantitative estimate of drug-likeness (QED) is 0.155. The first-order chi connectivity index (χ1) is 16.2. The molecular weight excluding hydrogens is 547 g/mol. The molecule has 0 aromatic rings. The first-order valence-electron chi connectivity index (χ1n) is 14.9. The summed E-state index contributed by atoms with van der Waals surface area (Å²) in [6, 6.07) is 0. The van der Waals surface area contributed by atoms with Crippen LogP contribution in [0.2, 0.25) is 0 Å². The highest BCUT2D eigenvalue weighted by Crippen LogP contribution is 2.67. The van der Waals surface area contributed by atoms with Crippen LogP contribution in [0, 0.1) is 52.3 Å². The van der Waals surface area contributed by atoms with Gasteiger partial charge < -0.3 is 4.18 Å². The lowest BCUT2D eigenvalue weighted by Crippen LogP contribution is -2.50. The molecule has 0 bridgehead atoms. The number of fused-ring (bicyclic) bond motifs is 5. The zero-order valence-electron chi connectivity index (χ0n) is 23.7. The Kier molecular flexibility index (Phi) is 10.8. The summed E-state index contributed by atoms with van der Waals surface area (Å²) in [6.45, 7) is 19.2. The van der Waals surface area contributed by atoms with Crippen LogP contribution in [-0.4, -0.2) is 6.10 Å². The molecule has 4 rings (SSSR count). The van der Waals surface area contributed by atoms with Gasteiger partial charge in [-0.25, -0.2) is 0 Å². The Labute approximate surface area is 229 Å². The molecule has 34 heavy (non-hydrogen) atoms. The van der Waals surface area contributed by atoms with E-state index in [-0.39, 0.29) is 0 Å². The van der Waals surface area contributed by atoms with Gasteiger partial charge in [-0.2, -0.15) is 0 Å².